The van der Waals surface area contributed by atoms with Crippen molar-refractivity contribution in [1.29, 1.82) is 0 Å². The van der Waals surface area contributed by atoms with Gasteiger partial charge in [-0.15, -0.1) is 10.2 Å². The first-order valence-electron chi connectivity index (χ1n) is 8.04. The quantitative estimate of drug-likeness (QED) is 0.563. The second-order valence-electron chi connectivity index (χ2n) is 5.51. The zero-order valence-electron chi connectivity index (χ0n) is 14.5. The number of thioether (sulfide) groups is 1. The Labute approximate surface area is 149 Å². The SMILES string of the molecule is CCCCn1nnnc1CSc1nnnn1-c1cc(C)ccc1OC. The Morgan fingerprint density at radius 2 is 2.00 bits per heavy atom. The van der Waals surface area contributed by atoms with Crippen molar-refractivity contribution in [2.45, 2.75) is 44.1 Å². The molecule has 0 aliphatic heterocycles. The lowest BCUT2D eigenvalue weighted by Crippen LogP contribution is -2.06. The highest BCUT2D eigenvalue weighted by Gasteiger charge is 2.15. The summed E-state index contributed by atoms with van der Waals surface area (Å²) in [5.74, 6) is 2.11. The molecule has 1 aromatic carbocycles. The number of aromatic nitrogens is 8. The predicted octanol–water partition coefficient (Wildman–Crippen LogP) is 2.06. The minimum absolute atomic E-state index is 0.589. The van der Waals surface area contributed by atoms with Crippen molar-refractivity contribution in [1.82, 2.24) is 40.4 Å². The lowest BCUT2D eigenvalue weighted by atomic mass is 10.2. The molecule has 132 valence electrons. The Bertz CT molecular complexity index is 831. The fourth-order valence-electron chi connectivity index (χ4n) is 2.32. The maximum Gasteiger partial charge on any atom is 0.214 e. The van der Waals surface area contributed by atoms with Crippen molar-refractivity contribution in [2.75, 3.05) is 7.11 Å². The summed E-state index contributed by atoms with van der Waals surface area (Å²) in [6.45, 7) is 4.97. The number of unbranched alkanes of at least 4 members (excludes halogenated alkanes) is 1. The van der Waals surface area contributed by atoms with Crippen LogP contribution >= 0.6 is 11.8 Å². The summed E-state index contributed by atoms with van der Waals surface area (Å²) < 4.78 is 8.94. The number of tetrazole rings is 2. The van der Waals surface area contributed by atoms with E-state index in [1.165, 1.54) is 11.8 Å². The van der Waals surface area contributed by atoms with Crippen molar-refractivity contribution >= 4 is 11.8 Å². The molecule has 0 radical (unpaired) electrons. The molecule has 0 saturated carbocycles. The molecule has 0 amide bonds. The van der Waals surface area contributed by atoms with E-state index < -0.39 is 0 Å². The van der Waals surface area contributed by atoms with Crippen molar-refractivity contribution in [3.63, 3.8) is 0 Å². The maximum atomic E-state index is 5.43. The highest BCUT2D eigenvalue weighted by Crippen LogP contribution is 2.28. The molecule has 25 heavy (non-hydrogen) atoms. The van der Waals surface area contributed by atoms with Gasteiger partial charge in [-0.25, -0.2) is 4.68 Å². The van der Waals surface area contributed by atoms with Crippen LogP contribution in [0.4, 0.5) is 0 Å². The van der Waals surface area contributed by atoms with Crippen LogP contribution in [0.5, 0.6) is 5.75 Å². The molecule has 0 N–H and O–H groups in total. The summed E-state index contributed by atoms with van der Waals surface area (Å²) in [6.07, 6.45) is 2.14. The van der Waals surface area contributed by atoms with Gasteiger partial charge in [-0.05, 0) is 51.9 Å². The van der Waals surface area contributed by atoms with Gasteiger partial charge in [0, 0.05) is 6.54 Å². The first-order valence-corrected chi connectivity index (χ1v) is 9.02. The minimum atomic E-state index is 0.589. The fraction of sp³-hybridized carbons (Fsp3) is 0.467. The van der Waals surface area contributed by atoms with E-state index in [1.54, 1.807) is 11.8 Å². The molecule has 2 aromatic heterocycles. The fourth-order valence-corrected chi connectivity index (χ4v) is 3.14. The average molecular weight is 360 g/mol. The number of nitrogens with zero attached hydrogens (tertiary/aromatic N) is 8. The van der Waals surface area contributed by atoms with E-state index in [-0.39, 0.29) is 0 Å². The molecule has 0 bridgehead atoms. The molecule has 0 atom stereocenters. The summed E-state index contributed by atoms with van der Waals surface area (Å²) in [5, 5.41) is 24.6. The molecule has 0 unspecified atom stereocenters. The molecule has 3 aromatic rings. The van der Waals surface area contributed by atoms with Crippen LogP contribution in [0.2, 0.25) is 0 Å². The van der Waals surface area contributed by atoms with Crippen molar-refractivity contribution in [3.05, 3.63) is 29.6 Å². The summed E-state index contributed by atoms with van der Waals surface area (Å²) in [5.41, 5.74) is 1.91. The summed E-state index contributed by atoms with van der Waals surface area (Å²) in [6, 6.07) is 5.89. The molecule has 3 rings (SSSR count). The van der Waals surface area contributed by atoms with Crippen LogP contribution in [0.15, 0.2) is 23.4 Å². The Kier molecular flexibility index (Phi) is 5.59. The Morgan fingerprint density at radius 1 is 1.16 bits per heavy atom. The molecule has 10 heteroatoms. The Morgan fingerprint density at radius 3 is 2.80 bits per heavy atom. The van der Waals surface area contributed by atoms with E-state index in [2.05, 4.69) is 38.0 Å². The molecule has 0 saturated heterocycles. The summed E-state index contributed by atoms with van der Waals surface area (Å²) in [7, 11) is 1.63. The third-order valence-corrected chi connectivity index (χ3v) is 4.58. The van der Waals surface area contributed by atoms with Crippen LogP contribution in [0.1, 0.15) is 31.2 Å². The maximum absolute atomic E-state index is 5.43. The molecule has 0 aliphatic carbocycles. The summed E-state index contributed by atoms with van der Waals surface area (Å²) in [4.78, 5) is 0. The smallest absolute Gasteiger partial charge is 0.214 e. The van der Waals surface area contributed by atoms with Crippen LogP contribution in [-0.4, -0.2) is 47.5 Å². The first-order chi connectivity index (χ1) is 12.2. The van der Waals surface area contributed by atoms with Gasteiger partial charge in [-0.2, -0.15) is 4.68 Å². The number of rotatable bonds is 8. The zero-order chi connectivity index (χ0) is 17.6. The highest BCUT2D eigenvalue weighted by atomic mass is 32.2. The number of benzene rings is 1. The van der Waals surface area contributed by atoms with E-state index in [9.17, 15) is 0 Å². The van der Waals surface area contributed by atoms with Crippen LogP contribution < -0.4 is 4.74 Å². The van der Waals surface area contributed by atoms with Gasteiger partial charge in [-0.1, -0.05) is 31.2 Å². The largest absolute Gasteiger partial charge is 0.494 e. The third-order valence-electron chi connectivity index (χ3n) is 3.66. The Hall–Kier alpha value is -2.49. The van der Waals surface area contributed by atoms with E-state index in [1.807, 2.05) is 29.8 Å². The van der Waals surface area contributed by atoms with Crippen LogP contribution in [0.3, 0.4) is 0 Å². The van der Waals surface area contributed by atoms with Crippen LogP contribution in [-0.2, 0) is 12.3 Å². The number of methoxy groups -OCH3 is 1. The van der Waals surface area contributed by atoms with Gasteiger partial charge in [0.1, 0.15) is 11.4 Å². The third kappa shape index (κ3) is 3.95. The molecule has 9 nitrogen and oxygen atoms in total. The van der Waals surface area contributed by atoms with E-state index in [0.29, 0.717) is 16.7 Å². The first kappa shape index (κ1) is 17.3. The molecular weight excluding hydrogens is 340 g/mol. The van der Waals surface area contributed by atoms with Gasteiger partial charge in [0.25, 0.3) is 0 Å². The lowest BCUT2D eigenvalue weighted by molar-refractivity contribution is 0.410. The molecule has 0 spiro atoms. The molecule has 2 heterocycles. The second-order valence-corrected chi connectivity index (χ2v) is 6.45. The monoisotopic (exact) mass is 360 g/mol. The van der Waals surface area contributed by atoms with Crippen molar-refractivity contribution < 1.29 is 4.74 Å². The number of hydrogen-bond donors (Lipinski definition) is 0. The number of aryl methyl sites for hydroxylation is 2. The molecule has 0 fully saturated rings. The zero-order valence-corrected chi connectivity index (χ0v) is 15.3. The van der Waals surface area contributed by atoms with E-state index in [0.717, 1.165) is 36.5 Å². The van der Waals surface area contributed by atoms with E-state index in [4.69, 9.17) is 4.74 Å². The summed E-state index contributed by atoms with van der Waals surface area (Å²) >= 11 is 1.49. The van der Waals surface area contributed by atoms with Crippen molar-refractivity contribution in [2.24, 2.45) is 0 Å². The lowest BCUT2D eigenvalue weighted by Gasteiger charge is -2.10. The Balaban J connectivity index is 1.79. The molecule has 0 aliphatic rings. The number of hydrogen-bond acceptors (Lipinski definition) is 8. The van der Waals surface area contributed by atoms with Gasteiger partial charge >= 0.3 is 0 Å². The molecular formula is C15H20N8OS. The standard InChI is InChI=1S/C15H20N8OS/c1-4-5-8-22-14(16-18-20-22)10-25-15-17-19-21-23(15)12-9-11(2)6-7-13(12)24-3/h6-7,9H,4-5,8,10H2,1-3H3. The normalized spacial score (nSPS) is 11.0. The van der Waals surface area contributed by atoms with Gasteiger partial charge < -0.3 is 4.74 Å². The average Bonchev–Trinajstić information content (AvgIpc) is 3.27. The number of ether oxygens (including phenoxy) is 1. The van der Waals surface area contributed by atoms with Crippen LogP contribution in [0.25, 0.3) is 5.69 Å². The van der Waals surface area contributed by atoms with Crippen LogP contribution in [0, 0.1) is 6.92 Å². The van der Waals surface area contributed by atoms with Gasteiger partial charge in [0.15, 0.2) is 5.82 Å². The predicted molar refractivity (Wildman–Crippen MR) is 92.7 cm³/mol. The van der Waals surface area contributed by atoms with Crippen molar-refractivity contribution in [3.8, 4) is 11.4 Å². The minimum Gasteiger partial charge on any atom is -0.494 e. The highest BCUT2D eigenvalue weighted by molar-refractivity contribution is 7.98. The second kappa shape index (κ2) is 8.06. The topological polar surface area (TPSA) is 96.4 Å². The van der Waals surface area contributed by atoms with E-state index >= 15 is 0 Å². The van der Waals surface area contributed by atoms with Gasteiger partial charge in [0.2, 0.25) is 5.16 Å². The van der Waals surface area contributed by atoms with Gasteiger partial charge in [0.05, 0.1) is 12.9 Å². The van der Waals surface area contributed by atoms with Gasteiger partial charge in [-0.3, -0.25) is 0 Å².